The number of nitrogens with zero attached hydrogens (tertiary/aromatic N) is 3. The minimum Gasteiger partial charge on any atom is -0.456 e. The van der Waals surface area contributed by atoms with Crippen molar-refractivity contribution in [3.05, 3.63) is 187 Å². The molecular weight excluding hydrogens is 759 g/mol. The first-order chi connectivity index (χ1) is 30.7. The van der Waals surface area contributed by atoms with Gasteiger partial charge in [0.05, 0.1) is 0 Å². The van der Waals surface area contributed by atoms with Gasteiger partial charge in [-0.25, -0.2) is 15.0 Å². The Bertz CT molecular complexity index is 3420. The maximum atomic E-state index is 6.30. The molecule has 5 nitrogen and oxygen atoms in total. The Labute approximate surface area is 358 Å². The summed E-state index contributed by atoms with van der Waals surface area (Å²) in [6.45, 7) is 0. The molecule has 0 atom stereocenters. The van der Waals surface area contributed by atoms with Gasteiger partial charge >= 0.3 is 0 Å². The standard InChI is InChI=1S/C57H39N3O2/c1-8-33-57(34-9-1)46-20-5-2-13-40(46)41-17-10-16-39(53(41)57)37-29-25-35(26-30-37)36-27-31-38(32-28-36)54-58-55(44-18-11-23-49-51(44)42-14-3-6-21-47(42)61-49)60-56(59-54)45-19-12-24-50-52(45)43-15-4-7-22-48(43)62-50/h2-7,10-32H,1,8-9,33-34H2. The van der Waals surface area contributed by atoms with Crippen LogP contribution < -0.4 is 0 Å². The third-order valence-electron chi connectivity index (χ3n) is 13.6. The second-order valence-corrected chi connectivity index (χ2v) is 16.9. The van der Waals surface area contributed by atoms with E-state index < -0.39 is 0 Å². The molecule has 0 N–H and O–H groups in total. The van der Waals surface area contributed by atoms with Gasteiger partial charge in [0, 0.05) is 43.7 Å². The average molecular weight is 798 g/mol. The molecule has 2 aliphatic rings. The second kappa shape index (κ2) is 13.7. The predicted octanol–water partition coefficient (Wildman–Crippen LogP) is 15.2. The average Bonchev–Trinajstić information content (AvgIpc) is 4.00. The molecule has 13 rings (SSSR count). The minimum atomic E-state index is 0.0989. The number of rotatable bonds is 5. The molecule has 0 aliphatic heterocycles. The van der Waals surface area contributed by atoms with Crippen LogP contribution in [0.15, 0.2) is 185 Å². The number of aromatic nitrogens is 3. The summed E-state index contributed by atoms with van der Waals surface area (Å²) in [4.78, 5) is 15.6. The van der Waals surface area contributed by atoms with Crippen LogP contribution in [0.25, 0.3) is 111 Å². The molecule has 0 bridgehead atoms. The Kier molecular flexibility index (Phi) is 7.77. The molecule has 3 heterocycles. The third kappa shape index (κ3) is 5.31. The monoisotopic (exact) mass is 797 g/mol. The molecule has 5 heteroatoms. The first kappa shape index (κ1) is 35.2. The van der Waals surface area contributed by atoms with Crippen molar-refractivity contribution in [2.45, 2.75) is 37.5 Å². The molecule has 0 amide bonds. The highest BCUT2D eigenvalue weighted by Gasteiger charge is 2.45. The van der Waals surface area contributed by atoms with Gasteiger partial charge in [-0.05, 0) is 81.6 Å². The summed E-state index contributed by atoms with van der Waals surface area (Å²) < 4.78 is 12.6. The first-order valence-electron chi connectivity index (χ1n) is 21.7. The summed E-state index contributed by atoms with van der Waals surface area (Å²) in [6, 6.07) is 62.3. The van der Waals surface area contributed by atoms with E-state index >= 15 is 0 Å². The van der Waals surface area contributed by atoms with Crippen LogP contribution in [0, 0.1) is 0 Å². The van der Waals surface area contributed by atoms with Gasteiger partial charge in [-0.15, -0.1) is 0 Å². The highest BCUT2D eigenvalue weighted by molar-refractivity contribution is 6.13. The van der Waals surface area contributed by atoms with Crippen LogP contribution >= 0.6 is 0 Å². The van der Waals surface area contributed by atoms with Crippen LogP contribution in [0.4, 0.5) is 0 Å². The van der Waals surface area contributed by atoms with E-state index in [0.29, 0.717) is 17.5 Å². The number of hydrogen-bond donors (Lipinski definition) is 0. The van der Waals surface area contributed by atoms with Gasteiger partial charge in [0.25, 0.3) is 0 Å². The fourth-order valence-electron chi connectivity index (χ4n) is 10.8. The van der Waals surface area contributed by atoms with Crippen molar-refractivity contribution >= 4 is 43.9 Å². The molecule has 0 saturated heterocycles. The Balaban J connectivity index is 0.906. The third-order valence-corrected chi connectivity index (χ3v) is 13.6. The Morgan fingerprint density at radius 3 is 1.42 bits per heavy atom. The molecule has 11 aromatic rings. The van der Waals surface area contributed by atoms with Crippen LogP contribution in [0.3, 0.4) is 0 Å². The summed E-state index contributed by atoms with van der Waals surface area (Å²) in [7, 11) is 0. The van der Waals surface area contributed by atoms with Crippen molar-refractivity contribution in [1.82, 2.24) is 15.0 Å². The highest BCUT2D eigenvalue weighted by Crippen LogP contribution is 2.58. The van der Waals surface area contributed by atoms with E-state index in [1.54, 1.807) is 0 Å². The summed E-state index contributed by atoms with van der Waals surface area (Å²) in [6.07, 6.45) is 6.31. The topological polar surface area (TPSA) is 65.0 Å². The van der Waals surface area contributed by atoms with E-state index in [9.17, 15) is 0 Å². The normalized spacial score (nSPS) is 14.3. The van der Waals surface area contributed by atoms with E-state index in [4.69, 9.17) is 23.8 Å². The zero-order valence-electron chi connectivity index (χ0n) is 33.9. The molecule has 8 aromatic carbocycles. The van der Waals surface area contributed by atoms with Crippen molar-refractivity contribution in [3.8, 4) is 67.5 Å². The highest BCUT2D eigenvalue weighted by atomic mass is 16.3. The molecular formula is C57H39N3O2. The van der Waals surface area contributed by atoms with Crippen molar-refractivity contribution in [2.24, 2.45) is 0 Å². The fraction of sp³-hybridized carbons (Fsp3) is 0.105. The minimum absolute atomic E-state index is 0.0989. The zero-order chi connectivity index (χ0) is 40.8. The van der Waals surface area contributed by atoms with E-state index in [-0.39, 0.29) is 5.41 Å². The molecule has 294 valence electrons. The molecule has 0 radical (unpaired) electrons. The quantitative estimate of drug-likeness (QED) is 0.174. The van der Waals surface area contributed by atoms with Gasteiger partial charge < -0.3 is 8.83 Å². The number of fused-ring (bicyclic) bond motifs is 11. The Morgan fingerprint density at radius 1 is 0.339 bits per heavy atom. The maximum absolute atomic E-state index is 6.30. The lowest BCUT2D eigenvalue weighted by molar-refractivity contribution is 0.353. The molecule has 0 unspecified atom stereocenters. The van der Waals surface area contributed by atoms with Gasteiger partial charge in [-0.3, -0.25) is 0 Å². The van der Waals surface area contributed by atoms with E-state index in [0.717, 1.165) is 71.7 Å². The molecule has 1 saturated carbocycles. The van der Waals surface area contributed by atoms with Crippen molar-refractivity contribution in [2.75, 3.05) is 0 Å². The number of furan rings is 2. The Morgan fingerprint density at radius 2 is 0.790 bits per heavy atom. The predicted molar refractivity (Wildman–Crippen MR) is 251 cm³/mol. The van der Waals surface area contributed by atoms with Crippen LogP contribution in [0.1, 0.15) is 43.2 Å². The number of benzene rings is 8. The SMILES string of the molecule is c1ccc2c(c1)-c1cccc(-c3ccc(-c4ccc(-c5nc(-c6cccc7oc8ccccc8c67)nc(-c6cccc7oc8ccccc8c67)n5)cc4)cc3)c1C21CCCCC1. The largest absolute Gasteiger partial charge is 0.456 e. The number of para-hydroxylation sites is 2. The van der Waals surface area contributed by atoms with Crippen LogP contribution in [0.5, 0.6) is 0 Å². The fourth-order valence-corrected chi connectivity index (χ4v) is 10.8. The summed E-state index contributed by atoms with van der Waals surface area (Å²) in [5.41, 5.74) is 16.8. The molecule has 62 heavy (non-hydrogen) atoms. The summed E-state index contributed by atoms with van der Waals surface area (Å²) >= 11 is 0. The molecule has 1 fully saturated rings. The molecule has 2 aliphatic carbocycles. The van der Waals surface area contributed by atoms with Gasteiger partial charge in [-0.1, -0.05) is 171 Å². The van der Waals surface area contributed by atoms with Gasteiger partial charge in [0.15, 0.2) is 17.5 Å². The van der Waals surface area contributed by atoms with Crippen molar-refractivity contribution in [3.63, 3.8) is 0 Å². The van der Waals surface area contributed by atoms with Gasteiger partial charge in [0.2, 0.25) is 0 Å². The summed E-state index contributed by atoms with van der Waals surface area (Å²) in [5.74, 6) is 1.76. The van der Waals surface area contributed by atoms with Crippen LogP contribution in [0.2, 0.25) is 0 Å². The lowest BCUT2D eigenvalue weighted by Crippen LogP contribution is -2.28. The van der Waals surface area contributed by atoms with E-state index in [2.05, 4.69) is 115 Å². The second-order valence-electron chi connectivity index (χ2n) is 16.9. The first-order valence-corrected chi connectivity index (χ1v) is 21.7. The maximum Gasteiger partial charge on any atom is 0.164 e. The van der Waals surface area contributed by atoms with Crippen molar-refractivity contribution in [1.29, 1.82) is 0 Å². The lowest BCUT2D eigenvalue weighted by atomic mass is 9.66. The van der Waals surface area contributed by atoms with Crippen LogP contribution in [-0.2, 0) is 5.41 Å². The number of hydrogen-bond acceptors (Lipinski definition) is 5. The summed E-state index contributed by atoms with van der Waals surface area (Å²) in [5, 5.41) is 4.01. The van der Waals surface area contributed by atoms with Gasteiger partial charge in [-0.2, -0.15) is 0 Å². The van der Waals surface area contributed by atoms with Crippen LogP contribution in [-0.4, -0.2) is 15.0 Å². The lowest BCUT2D eigenvalue weighted by Gasteiger charge is -2.37. The van der Waals surface area contributed by atoms with E-state index in [1.807, 2.05) is 60.7 Å². The van der Waals surface area contributed by atoms with E-state index in [1.165, 1.54) is 65.5 Å². The smallest absolute Gasteiger partial charge is 0.164 e. The zero-order valence-corrected chi connectivity index (χ0v) is 33.9. The Hall–Kier alpha value is -7.63. The van der Waals surface area contributed by atoms with Gasteiger partial charge in [0.1, 0.15) is 22.3 Å². The molecule has 1 spiro atoms. The van der Waals surface area contributed by atoms with Crippen molar-refractivity contribution < 1.29 is 8.83 Å². The molecule has 3 aromatic heterocycles.